The molecular formula is C16H21NO4. The fourth-order valence-corrected chi connectivity index (χ4v) is 2.35. The molecule has 1 aromatic rings. The zero-order valence-corrected chi connectivity index (χ0v) is 12.6. The highest BCUT2D eigenvalue weighted by molar-refractivity contribution is 5.96. The summed E-state index contributed by atoms with van der Waals surface area (Å²) in [5, 5.41) is 9.25. The molecule has 1 heterocycles. The molecule has 0 aliphatic carbocycles. The van der Waals surface area contributed by atoms with E-state index >= 15 is 0 Å². The molecular weight excluding hydrogens is 270 g/mol. The van der Waals surface area contributed by atoms with E-state index in [4.69, 9.17) is 4.74 Å². The van der Waals surface area contributed by atoms with Gasteiger partial charge in [-0.15, -0.1) is 0 Å². The molecule has 0 radical (unpaired) electrons. The maximum atomic E-state index is 12.4. The Morgan fingerprint density at radius 2 is 2.00 bits per heavy atom. The van der Waals surface area contributed by atoms with Crippen molar-refractivity contribution in [1.29, 1.82) is 0 Å². The van der Waals surface area contributed by atoms with E-state index < -0.39 is 17.5 Å². The van der Waals surface area contributed by atoms with Crippen LogP contribution in [0.15, 0.2) is 24.3 Å². The maximum absolute atomic E-state index is 12.4. The molecule has 0 fully saturated rings. The van der Waals surface area contributed by atoms with Gasteiger partial charge in [0.15, 0.2) is 0 Å². The molecule has 1 N–H and O–H groups in total. The van der Waals surface area contributed by atoms with Gasteiger partial charge >= 0.3 is 5.97 Å². The average molecular weight is 291 g/mol. The molecule has 2 rings (SSSR count). The van der Waals surface area contributed by atoms with Gasteiger partial charge in [0.2, 0.25) is 0 Å². The lowest BCUT2D eigenvalue weighted by molar-refractivity contribution is -0.141. The molecule has 1 atom stereocenters. The van der Waals surface area contributed by atoms with Crippen molar-refractivity contribution in [1.82, 2.24) is 0 Å². The molecule has 1 unspecified atom stereocenters. The van der Waals surface area contributed by atoms with Gasteiger partial charge in [0, 0.05) is 12.2 Å². The smallest absolute Gasteiger partial charge is 0.308 e. The van der Waals surface area contributed by atoms with Crippen LogP contribution in [0.3, 0.4) is 0 Å². The number of anilines is 1. The summed E-state index contributed by atoms with van der Waals surface area (Å²) in [5.41, 5.74) is 1.27. The van der Waals surface area contributed by atoms with Gasteiger partial charge in [0.05, 0.1) is 11.5 Å². The van der Waals surface area contributed by atoms with E-state index in [1.807, 2.05) is 45.0 Å². The van der Waals surface area contributed by atoms with Crippen LogP contribution in [0.4, 0.5) is 5.69 Å². The predicted molar refractivity (Wildman–Crippen MR) is 79.3 cm³/mol. The Morgan fingerprint density at radius 1 is 1.33 bits per heavy atom. The highest BCUT2D eigenvalue weighted by atomic mass is 16.5. The zero-order valence-electron chi connectivity index (χ0n) is 12.6. The number of fused-ring (bicyclic) bond motifs is 1. The fourth-order valence-electron chi connectivity index (χ4n) is 2.35. The number of benzene rings is 1. The Hall–Kier alpha value is -1.88. The summed E-state index contributed by atoms with van der Waals surface area (Å²) in [6.45, 7) is 5.78. The average Bonchev–Trinajstić information content (AvgIpc) is 2.42. The quantitative estimate of drug-likeness (QED) is 0.926. The minimum atomic E-state index is -0.876. The number of rotatable bonds is 3. The van der Waals surface area contributed by atoms with Crippen molar-refractivity contribution >= 4 is 17.6 Å². The standard InChI is InChI=1S/C16H21NO4/c1-16(2,3)21-10-14(18)17-9-12(15(19)20)8-11-6-4-5-7-13(11)17/h4-7,12H,8-10H2,1-3H3,(H,19,20). The van der Waals surface area contributed by atoms with E-state index in [-0.39, 0.29) is 19.1 Å². The van der Waals surface area contributed by atoms with Gasteiger partial charge < -0.3 is 14.7 Å². The zero-order chi connectivity index (χ0) is 15.6. The van der Waals surface area contributed by atoms with Gasteiger partial charge in [-0.05, 0) is 38.8 Å². The van der Waals surface area contributed by atoms with E-state index in [1.165, 1.54) is 4.90 Å². The van der Waals surface area contributed by atoms with Crippen LogP contribution in [-0.2, 0) is 20.7 Å². The molecule has 1 aliphatic heterocycles. The second-order valence-electron chi connectivity index (χ2n) is 6.27. The Labute approximate surface area is 124 Å². The van der Waals surface area contributed by atoms with Crippen molar-refractivity contribution in [3.63, 3.8) is 0 Å². The van der Waals surface area contributed by atoms with E-state index in [0.717, 1.165) is 11.3 Å². The Kier molecular flexibility index (Phi) is 4.32. The lowest BCUT2D eigenvalue weighted by atomic mass is 9.92. The molecule has 1 aromatic carbocycles. The number of carboxylic acid groups (broad SMARTS) is 1. The van der Waals surface area contributed by atoms with Gasteiger partial charge in [-0.3, -0.25) is 9.59 Å². The molecule has 0 saturated carbocycles. The van der Waals surface area contributed by atoms with Crippen LogP contribution in [0.2, 0.25) is 0 Å². The van der Waals surface area contributed by atoms with Crippen LogP contribution in [0.25, 0.3) is 0 Å². The third-order valence-electron chi connectivity index (χ3n) is 3.43. The van der Waals surface area contributed by atoms with E-state index in [2.05, 4.69) is 0 Å². The summed E-state index contributed by atoms with van der Waals surface area (Å²) in [7, 11) is 0. The van der Waals surface area contributed by atoms with Crippen LogP contribution in [0, 0.1) is 5.92 Å². The monoisotopic (exact) mass is 291 g/mol. The molecule has 0 aromatic heterocycles. The van der Waals surface area contributed by atoms with Crippen LogP contribution in [0.1, 0.15) is 26.3 Å². The number of carboxylic acids is 1. The number of amides is 1. The first-order valence-corrected chi connectivity index (χ1v) is 7.03. The molecule has 1 aliphatic rings. The molecule has 114 valence electrons. The number of nitrogens with zero attached hydrogens (tertiary/aromatic N) is 1. The normalized spacial score (nSPS) is 18.2. The first-order chi connectivity index (χ1) is 9.78. The second kappa shape index (κ2) is 5.85. The molecule has 0 saturated heterocycles. The van der Waals surface area contributed by atoms with Gasteiger partial charge in [-0.25, -0.2) is 0 Å². The molecule has 5 heteroatoms. The van der Waals surface area contributed by atoms with Gasteiger partial charge in [-0.1, -0.05) is 18.2 Å². The van der Waals surface area contributed by atoms with Gasteiger partial charge in [-0.2, -0.15) is 0 Å². The van der Waals surface area contributed by atoms with E-state index in [9.17, 15) is 14.7 Å². The molecule has 1 amide bonds. The van der Waals surface area contributed by atoms with Crippen LogP contribution in [-0.4, -0.2) is 35.7 Å². The highest BCUT2D eigenvalue weighted by Gasteiger charge is 2.32. The minimum Gasteiger partial charge on any atom is -0.481 e. The summed E-state index contributed by atoms with van der Waals surface area (Å²) >= 11 is 0. The molecule has 21 heavy (non-hydrogen) atoms. The second-order valence-corrected chi connectivity index (χ2v) is 6.27. The Balaban J connectivity index is 2.21. The lowest BCUT2D eigenvalue weighted by Gasteiger charge is -2.33. The van der Waals surface area contributed by atoms with Gasteiger partial charge in [0.1, 0.15) is 6.61 Å². The van der Waals surface area contributed by atoms with Crippen LogP contribution >= 0.6 is 0 Å². The van der Waals surface area contributed by atoms with Crippen LogP contribution < -0.4 is 4.90 Å². The Bertz CT molecular complexity index is 547. The van der Waals surface area contributed by atoms with Crippen molar-refractivity contribution in [3.05, 3.63) is 29.8 Å². The topological polar surface area (TPSA) is 66.8 Å². The highest BCUT2D eigenvalue weighted by Crippen LogP contribution is 2.30. The third kappa shape index (κ3) is 3.82. The van der Waals surface area contributed by atoms with E-state index in [0.29, 0.717) is 6.42 Å². The predicted octanol–water partition coefficient (Wildman–Crippen LogP) is 2.09. The summed E-state index contributed by atoms with van der Waals surface area (Å²) in [4.78, 5) is 25.2. The minimum absolute atomic E-state index is 0.0514. The van der Waals surface area contributed by atoms with Crippen LogP contribution in [0.5, 0.6) is 0 Å². The number of hydrogen-bond acceptors (Lipinski definition) is 3. The Morgan fingerprint density at radius 3 is 2.62 bits per heavy atom. The van der Waals surface area contributed by atoms with Crippen molar-refractivity contribution < 1.29 is 19.4 Å². The number of carbonyl (C=O) groups is 2. The van der Waals surface area contributed by atoms with Crippen molar-refractivity contribution in [2.24, 2.45) is 5.92 Å². The number of ether oxygens (including phenoxy) is 1. The first-order valence-electron chi connectivity index (χ1n) is 7.03. The molecule has 0 bridgehead atoms. The summed E-state index contributed by atoms with van der Waals surface area (Å²) in [5.74, 6) is -1.65. The van der Waals surface area contributed by atoms with Crippen molar-refractivity contribution in [2.75, 3.05) is 18.1 Å². The lowest BCUT2D eigenvalue weighted by Crippen LogP contribution is -2.45. The fraction of sp³-hybridized carbons (Fsp3) is 0.500. The molecule has 5 nitrogen and oxygen atoms in total. The van der Waals surface area contributed by atoms with Crippen molar-refractivity contribution in [2.45, 2.75) is 32.8 Å². The summed E-state index contributed by atoms with van der Waals surface area (Å²) in [6.07, 6.45) is 0.454. The maximum Gasteiger partial charge on any atom is 0.308 e. The number of aliphatic carboxylic acids is 1. The summed E-state index contributed by atoms with van der Waals surface area (Å²) in [6, 6.07) is 7.43. The van der Waals surface area contributed by atoms with Gasteiger partial charge in [0.25, 0.3) is 5.91 Å². The third-order valence-corrected chi connectivity index (χ3v) is 3.43. The summed E-state index contributed by atoms with van der Waals surface area (Å²) < 4.78 is 5.52. The largest absolute Gasteiger partial charge is 0.481 e. The number of carbonyl (C=O) groups excluding carboxylic acids is 1. The van der Waals surface area contributed by atoms with E-state index in [1.54, 1.807) is 0 Å². The van der Waals surface area contributed by atoms with Crippen molar-refractivity contribution in [3.8, 4) is 0 Å². The molecule has 0 spiro atoms. The SMILES string of the molecule is CC(C)(C)OCC(=O)N1CC(C(=O)O)Cc2ccccc21. The first kappa shape index (κ1) is 15.5. The number of hydrogen-bond donors (Lipinski definition) is 1. The number of para-hydroxylation sites is 1.